The molecule has 0 unspecified atom stereocenters. The smallest absolute Gasteiger partial charge is 0.120 e. The summed E-state index contributed by atoms with van der Waals surface area (Å²) in [5.74, 6) is 1.70. The van der Waals surface area contributed by atoms with Crippen LogP contribution in [-0.4, -0.2) is 20.7 Å². The van der Waals surface area contributed by atoms with Gasteiger partial charge in [0.1, 0.15) is 17.6 Å². The van der Waals surface area contributed by atoms with E-state index in [1.165, 1.54) is 24.2 Å². The van der Waals surface area contributed by atoms with Crippen LogP contribution in [0.3, 0.4) is 0 Å². The SMILES string of the molecule is Cc1c(CNC[C@H]2CCCn3ccnc32)cc(C#N)n1C. The molecule has 0 fully saturated rings. The topological polar surface area (TPSA) is 58.6 Å². The third kappa shape index (κ3) is 2.59. The summed E-state index contributed by atoms with van der Waals surface area (Å²) in [7, 11) is 1.94. The van der Waals surface area contributed by atoms with E-state index in [4.69, 9.17) is 5.26 Å². The molecule has 0 saturated heterocycles. The molecule has 0 saturated carbocycles. The number of nitrogens with zero attached hydrogens (tertiary/aromatic N) is 4. The Morgan fingerprint density at radius 2 is 2.38 bits per heavy atom. The van der Waals surface area contributed by atoms with E-state index < -0.39 is 0 Å². The van der Waals surface area contributed by atoms with Crippen LogP contribution >= 0.6 is 0 Å². The van der Waals surface area contributed by atoms with Gasteiger partial charge in [-0.05, 0) is 31.4 Å². The lowest BCUT2D eigenvalue weighted by Gasteiger charge is -2.23. The van der Waals surface area contributed by atoms with Gasteiger partial charge in [0, 0.05) is 50.7 Å². The third-order valence-corrected chi connectivity index (χ3v) is 4.53. The van der Waals surface area contributed by atoms with Crippen molar-refractivity contribution in [2.24, 2.45) is 7.05 Å². The standard InChI is InChI=1S/C16H21N5/c1-12-14(8-15(9-17)20(12)2)11-18-10-13-4-3-6-21-7-5-19-16(13)21/h5,7-8,13,18H,3-4,6,10-11H2,1-2H3/t13-/m1/s1. The van der Waals surface area contributed by atoms with Crippen molar-refractivity contribution in [2.75, 3.05) is 6.54 Å². The molecule has 21 heavy (non-hydrogen) atoms. The summed E-state index contributed by atoms with van der Waals surface area (Å²) in [6.45, 7) is 4.89. The molecule has 0 spiro atoms. The molecule has 1 aliphatic heterocycles. The molecule has 3 rings (SSSR count). The van der Waals surface area contributed by atoms with Gasteiger partial charge >= 0.3 is 0 Å². The zero-order valence-corrected chi connectivity index (χ0v) is 12.6. The molecule has 0 aliphatic carbocycles. The fourth-order valence-electron chi connectivity index (χ4n) is 3.13. The highest BCUT2D eigenvalue weighted by Crippen LogP contribution is 2.25. The summed E-state index contributed by atoms with van der Waals surface area (Å²) in [6.07, 6.45) is 6.39. The number of rotatable bonds is 4. The van der Waals surface area contributed by atoms with Crippen LogP contribution in [0.15, 0.2) is 18.5 Å². The first-order valence-corrected chi connectivity index (χ1v) is 7.47. The summed E-state index contributed by atoms with van der Waals surface area (Å²) in [5, 5.41) is 12.6. The largest absolute Gasteiger partial charge is 0.340 e. The summed E-state index contributed by atoms with van der Waals surface area (Å²) in [4.78, 5) is 4.49. The molecule has 1 N–H and O–H groups in total. The van der Waals surface area contributed by atoms with Crippen LogP contribution in [0.4, 0.5) is 0 Å². The molecule has 0 amide bonds. The molecule has 2 aromatic heterocycles. The molecule has 0 aromatic carbocycles. The lowest BCUT2D eigenvalue weighted by atomic mass is 9.99. The number of nitrogens with one attached hydrogen (secondary N) is 1. The van der Waals surface area contributed by atoms with Crippen molar-refractivity contribution in [1.82, 2.24) is 19.4 Å². The summed E-state index contributed by atoms with van der Waals surface area (Å²) in [6, 6.07) is 4.20. The van der Waals surface area contributed by atoms with Crippen molar-refractivity contribution in [3.05, 3.63) is 41.2 Å². The Kier molecular flexibility index (Phi) is 3.80. The number of nitriles is 1. The zero-order valence-electron chi connectivity index (χ0n) is 12.6. The fourth-order valence-corrected chi connectivity index (χ4v) is 3.13. The first-order valence-electron chi connectivity index (χ1n) is 7.47. The van der Waals surface area contributed by atoms with E-state index in [9.17, 15) is 0 Å². The Bertz CT molecular complexity index is 673. The molecular weight excluding hydrogens is 262 g/mol. The van der Waals surface area contributed by atoms with Crippen molar-refractivity contribution < 1.29 is 0 Å². The van der Waals surface area contributed by atoms with Gasteiger partial charge in [-0.15, -0.1) is 0 Å². The van der Waals surface area contributed by atoms with Crippen LogP contribution < -0.4 is 5.32 Å². The lowest BCUT2D eigenvalue weighted by molar-refractivity contribution is 0.423. The highest BCUT2D eigenvalue weighted by Gasteiger charge is 2.21. The van der Waals surface area contributed by atoms with Gasteiger partial charge < -0.3 is 14.5 Å². The second-order valence-corrected chi connectivity index (χ2v) is 5.76. The Morgan fingerprint density at radius 3 is 3.14 bits per heavy atom. The van der Waals surface area contributed by atoms with Gasteiger partial charge in [-0.2, -0.15) is 5.26 Å². The van der Waals surface area contributed by atoms with E-state index in [-0.39, 0.29) is 0 Å². The molecular formula is C16H21N5. The molecule has 110 valence electrons. The second-order valence-electron chi connectivity index (χ2n) is 5.76. The Balaban J connectivity index is 1.62. The van der Waals surface area contributed by atoms with Crippen LogP contribution in [0.1, 0.15) is 41.5 Å². The van der Waals surface area contributed by atoms with Gasteiger partial charge in [-0.3, -0.25) is 0 Å². The first-order chi connectivity index (χ1) is 10.2. The molecule has 3 heterocycles. The predicted molar refractivity (Wildman–Crippen MR) is 80.8 cm³/mol. The first kappa shape index (κ1) is 13.9. The van der Waals surface area contributed by atoms with Crippen molar-refractivity contribution in [1.29, 1.82) is 5.26 Å². The van der Waals surface area contributed by atoms with Gasteiger partial charge in [-0.1, -0.05) is 0 Å². The van der Waals surface area contributed by atoms with E-state index in [0.717, 1.165) is 31.0 Å². The number of aromatic nitrogens is 3. The van der Waals surface area contributed by atoms with Gasteiger partial charge in [0.25, 0.3) is 0 Å². The predicted octanol–water partition coefficient (Wildman–Crippen LogP) is 2.07. The number of hydrogen-bond acceptors (Lipinski definition) is 3. The van der Waals surface area contributed by atoms with Crippen LogP contribution in [-0.2, 0) is 20.1 Å². The van der Waals surface area contributed by atoms with Gasteiger partial charge in [0.05, 0.1) is 0 Å². The van der Waals surface area contributed by atoms with E-state index in [2.05, 4.69) is 34.1 Å². The molecule has 0 bridgehead atoms. The average Bonchev–Trinajstić information content (AvgIpc) is 3.07. The fraction of sp³-hybridized carbons (Fsp3) is 0.500. The maximum Gasteiger partial charge on any atom is 0.120 e. The molecule has 5 heteroatoms. The molecule has 2 aromatic rings. The number of hydrogen-bond donors (Lipinski definition) is 1. The van der Waals surface area contributed by atoms with Gasteiger partial charge in [0.15, 0.2) is 0 Å². The minimum Gasteiger partial charge on any atom is -0.340 e. The van der Waals surface area contributed by atoms with Crippen LogP contribution in [0.5, 0.6) is 0 Å². The summed E-state index contributed by atoms with van der Waals surface area (Å²) in [5.41, 5.74) is 3.08. The minimum atomic E-state index is 0.494. The van der Waals surface area contributed by atoms with Crippen molar-refractivity contribution in [2.45, 2.75) is 38.8 Å². The lowest BCUT2D eigenvalue weighted by Crippen LogP contribution is -2.26. The number of aryl methyl sites for hydroxylation is 1. The summed E-state index contributed by atoms with van der Waals surface area (Å²) < 4.78 is 4.21. The van der Waals surface area contributed by atoms with Crippen molar-refractivity contribution >= 4 is 0 Å². The molecule has 1 aliphatic rings. The highest BCUT2D eigenvalue weighted by molar-refractivity contribution is 5.34. The van der Waals surface area contributed by atoms with Crippen molar-refractivity contribution in [3.8, 4) is 6.07 Å². The normalized spacial score (nSPS) is 17.5. The number of imidazole rings is 1. The highest BCUT2D eigenvalue weighted by atomic mass is 15.1. The quantitative estimate of drug-likeness (QED) is 0.934. The van der Waals surface area contributed by atoms with Gasteiger partial charge in [-0.25, -0.2) is 4.98 Å². The van der Waals surface area contributed by atoms with Crippen LogP contribution in [0.25, 0.3) is 0 Å². The van der Waals surface area contributed by atoms with Gasteiger partial charge in [0.2, 0.25) is 0 Å². The maximum absolute atomic E-state index is 9.07. The zero-order chi connectivity index (χ0) is 14.8. The van der Waals surface area contributed by atoms with E-state index in [1.54, 1.807) is 0 Å². The monoisotopic (exact) mass is 283 g/mol. The Morgan fingerprint density at radius 1 is 1.52 bits per heavy atom. The Labute approximate surface area is 125 Å². The van der Waals surface area contributed by atoms with Crippen LogP contribution in [0.2, 0.25) is 0 Å². The molecule has 5 nitrogen and oxygen atoms in total. The van der Waals surface area contributed by atoms with E-state index in [0.29, 0.717) is 5.92 Å². The van der Waals surface area contributed by atoms with E-state index in [1.807, 2.05) is 23.9 Å². The molecule has 1 atom stereocenters. The Hall–Kier alpha value is -2.06. The maximum atomic E-state index is 9.07. The van der Waals surface area contributed by atoms with E-state index >= 15 is 0 Å². The summed E-state index contributed by atoms with van der Waals surface area (Å²) >= 11 is 0. The van der Waals surface area contributed by atoms with Crippen LogP contribution in [0, 0.1) is 18.3 Å². The third-order valence-electron chi connectivity index (χ3n) is 4.53. The van der Waals surface area contributed by atoms with Crippen molar-refractivity contribution in [3.63, 3.8) is 0 Å². The molecule has 0 radical (unpaired) electrons. The number of fused-ring (bicyclic) bond motifs is 1. The average molecular weight is 283 g/mol. The second kappa shape index (κ2) is 5.74. The minimum absolute atomic E-state index is 0.494.